The molecular formula is C29H25N2NaO8S. The van der Waals surface area contributed by atoms with Gasteiger partial charge in [0.15, 0.2) is 12.4 Å². The van der Waals surface area contributed by atoms with Crippen LogP contribution in [0.25, 0.3) is 16.6 Å². The van der Waals surface area contributed by atoms with Crippen LogP contribution < -0.4 is 48.9 Å². The van der Waals surface area contributed by atoms with Crippen molar-refractivity contribution in [3.8, 4) is 17.2 Å². The minimum Gasteiger partial charge on any atom is -0.545 e. The van der Waals surface area contributed by atoms with E-state index in [-0.39, 0.29) is 70.1 Å². The van der Waals surface area contributed by atoms with Gasteiger partial charge >= 0.3 is 35.5 Å². The van der Waals surface area contributed by atoms with Gasteiger partial charge < -0.3 is 29.2 Å². The maximum Gasteiger partial charge on any atom is 1.00 e. The van der Waals surface area contributed by atoms with E-state index in [1.54, 1.807) is 42.5 Å². The zero-order chi connectivity index (χ0) is 28.8. The third-order valence-corrected chi connectivity index (χ3v) is 6.36. The van der Waals surface area contributed by atoms with Crippen LogP contribution in [-0.2, 0) is 16.0 Å². The van der Waals surface area contributed by atoms with Crippen molar-refractivity contribution < 1.29 is 68.4 Å². The standard InChI is InChI=1S/C29H26N2O8S.Na/c1-16(2)39-20-8-4-17(5-9-20)28(34)22(12-18-6-10-21(37-3)14-25(18)38-15-26(32)33)27(29(35)36)19-7-11-23-24(13-19)31-40-30-23;/h4-11,13-14,16H,12,15H2,1-3H3,(H,32,33)(H,35,36);/q;+1/p-1. The van der Waals surface area contributed by atoms with Gasteiger partial charge in [0.05, 0.1) is 30.9 Å². The predicted octanol–water partition coefficient (Wildman–Crippen LogP) is 0.584. The van der Waals surface area contributed by atoms with E-state index in [0.717, 1.165) is 11.7 Å². The molecule has 0 amide bonds. The molecule has 0 atom stereocenters. The molecule has 10 nitrogen and oxygen atoms in total. The molecule has 0 fully saturated rings. The molecule has 0 radical (unpaired) electrons. The van der Waals surface area contributed by atoms with Gasteiger partial charge in [-0.15, -0.1) is 0 Å². The normalized spacial score (nSPS) is 11.4. The monoisotopic (exact) mass is 584 g/mol. The molecule has 12 heteroatoms. The molecule has 0 spiro atoms. The first kappa shape index (κ1) is 31.8. The molecule has 1 heterocycles. The number of benzene rings is 3. The summed E-state index contributed by atoms with van der Waals surface area (Å²) in [7, 11) is 1.44. The maximum absolute atomic E-state index is 13.9. The number of aliphatic carboxylic acids is 2. The first-order valence-corrected chi connectivity index (χ1v) is 12.9. The first-order chi connectivity index (χ1) is 19.2. The number of Topliss-reactive ketones (excluding diaryl/α,β-unsaturated/α-hetero) is 1. The molecule has 0 saturated carbocycles. The summed E-state index contributed by atoms with van der Waals surface area (Å²) in [4.78, 5) is 37.7. The minimum absolute atomic E-state index is 0. The number of rotatable bonds is 12. The van der Waals surface area contributed by atoms with E-state index in [0.29, 0.717) is 28.1 Å². The Morgan fingerprint density at radius 2 is 1.59 bits per heavy atom. The van der Waals surface area contributed by atoms with E-state index in [1.807, 2.05) is 13.8 Å². The van der Waals surface area contributed by atoms with Crippen molar-refractivity contribution >= 4 is 46.1 Å². The van der Waals surface area contributed by atoms with E-state index < -0.39 is 24.3 Å². The number of hydrogen-bond donors (Lipinski definition) is 1. The molecule has 3 aromatic carbocycles. The summed E-state index contributed by atoms with van der Waals surface area (Å²) in [6.07, 6.45) is -0.283. The summed E-state index contributed by atoms with van der Waals surface area (Å²) in [6.45, 7) is 3.10. The molecule has 4 aromatic rings. The zero-order valence-electron chi connectivity index (χ0n) is 22.9. The van der Waals surface area contributed by atoms with E-state index in [4.69, 9.17) is 19.3 Å². The summed E-state index contributed by atoms with van der Waals surface area (Å²) in [6, 6.07) is 15.7. The van der Waals surface area contributed by atoms with Crippen LogP contribution in [-0.4, -0.2) is 51.4 Å². The first-order valence-electron chi connectivity index (χ1n) is 12.2. The summed E-state index contributed by atoms with van der Waals surface area (Å²) in [5, 5.41) is 21.8. The summed E-state index contributed by atoms with van der Waals surface area (Å²) < 4.78 is 24.7. The van der Waals surface area contributed by atoms with Gasteiger partial charge in [0.25, 0.3) is 0 Å². The van der Waals surface area contributed by atoms with Crippen LogP contribution in [0.4, 0.5) is 0 Å². The third-order valence-electron chi connectivity index (χ3n) is 5.80. The average molecular weight is 585 g/mol. The smallest absolute Gasteiger partial charge is 0.545 e. The molecule has 1 aromatic heterocycles. The molecule has 0 aliphatic carbocycles. The second-order valence-electron chi connectivity index (χ2n) is 8.96. The summed E-state index contributed by atoms with van der Waals surface area (Å²) in [5.41, 5.74) is 1.44. The Labute approximate surface area is 262 Å². The van der Waals surface area contributed by atoms with Crippen LogP contribution >= 0.6 is 11.7 Å². The quantitative estimate of drug-likeness (QED) is 0.142. The molecule has 41 heavy (non-hydrogen) atoms. The Morgan fingerprint density at radius 3 is 2.22 bits per heavy atom. The van der Waals surface area contributed by atoms with E-state index >= 15 is 0 Å². The zero-order valence-corrected chi connectivity index (χ0v) is 25.7. The van der Waals surface area contributed by atoms with Crippen molar-refractivity contribution in [3.05, 3.63) is 82.9 Å². The van der Waals surface area contributed by atoms with Gasteiger partial charge in [-0.2, -0.15) is 8.75 Å². The Bertz CT molecular complexity index is 1600. The number of ketones is 1. The largest absolute Gasteiger partial charge is 1.00 e. The Morgan fingerprint density at radius 1 is 0.927 bits per heavy atom. The molecule has 206 valence electrons. The van der Waals surface area contributed by atoms with E-state index in [9.17, 15) is 19.5 Å². The molecule has 0 aliphatic heterocycles. The van der Waals surface area contributed by atoms with Gasteiger partial charge in [-0.3, -0.25) is 4.79 Å². The topological polar surface area (TPSA) is 148 Å². The SMILES string of the molecule is COc1ccc(CC(C(=O)c2ccc(OC(C)C)cc2)=C(C(=O)[O-])c2ccc3nsnc3c2)c(OCC(=O)O)c1.[Na+]. The Hall–Kier alpha value is -3.77. The van der Waals surface area contributed by atoms with Crippen molar-refractivity contribution in [2.24, 2.45) is 0 Å². The number of carbonyl (C=O) groups excluding carboxylic acids is 2. The molecule has 4 rings (SSSR count). The van der Waals surface area contributed by atoms with Crippen LogP contribution in [0.15, 0.2) is 66.2 Å². The van der Waals surface area contributed by atoms with Gasteiger partial charge in [-0.1, -0.05) is 12.1 Å². The van der Waals surface area contributed by atoms with Gasteiger partial charge in [-0.05, 0) is 67.4 Å². The molecule has 0 bridgehead atoms. The van der Waals surface area contributed by atoms with Crippen molar-refractivity contribution in [1.82, 2.24) is 8.75 Å². The third kappa shape index (κ3) is 7.92. The molecule has 0 aliphatic rings. The van der Waals surface area contributed by atoms with Crippen LogP contribution in [0.1, 0.15) is 35.3 Å². The minimum atomic E-state index is -1.56. The molecule has 0 unspecified atom stereocenters. The predicted molar refractivity (Wildman–Crippen MR) is 146 cm³/mol. The second-order valence-corrected chi connectivity index (χ2v) is 9.49. The van der Waals surface area contributed by atoms with Crippen molar-refractivity contribution in [3.63, 3.8) is 0 Å². The van der Waals surface area contributed by atoms with Crippen molar-refractivity contribution in [2.75, 3.05) is 13.7 Å². The second kappa shape index (κ2) is 14.2. The fraction of sp³-hybridized carbons (Fsp3) is 0.207. The van der Waals surface area contributed by atoms with Gasteiger partial charge in [-0.25, -0.2) is 4.79 Å². The molecule has 1 N–H and O–H groups in total. The summed E-state index contributed by atoms with van der Waals surface area (Å²) in [5.74, 6) is -2.25. The molecular weight excluding hydrogens is 559 g/mol. The van der Waals surface area contributed by atoms with E-state index in [1.165, 1.54) is 25.3 Å². The van der Waals surface area contributed by atoms with Crippen LogP contribution in [0.5, 0.6) is 17.2 Å². The number of carbonyl (C=O) groups is 3. The number of fused-ring (bicyclic) bond motifs is 1. The molecule has 0 saturated heterocycles. The van der Waals surface area contributed by atoms with Crippen LogP contribution in [0, 0.1) is 0 Å². The number of allylic oxidation sites excluding steroid dienone is 1. The van der Waals surface area contributed by atoms with Crippen molar-refractivity contribution in [1.29, 1.82) is 0 Å². The van der Waals surface area contributed by atoms with Gasteiger partial charge in [0.2, 0.25) is 0 Å². The summed E-state index contributed by atoms with van der Waals surface area (Å²) >= 11 is 0.980. The average Bonchev–Trinajstić information content (AvgIpc) is 3.39. The fourth-order valence-electron chi connectivity index (χ4n) is 4.04. The van der Waals surface area contributed by atoms with Gasteiger partial charge in [0, 0.05) is 29.2 Å². The number of ether oxygens (including phenoxy) is 3. The Kier molecular flexibility index (Phi) is 11.0. The number of aromatic nitrogens is 2. The maximum atomic E-state index is 13.9. The van der Waals surface area contributed by atoms with Crippen LogP contribution in [0.2, 0.25) is 0 Å². The number of carboxylic acids is 2. The number of carboxylic acid groups (broad SMARTS) is 2. The number of hydrogen-bond acceptors (Lipinski definition) is 10. The van der Waals surface area contributed by atoms with E-state index in [2.05, 4.69) is 8.75 Å². The van der Waals surface area contributed by atoms with Gasteiger partial charge in [0.1, 0.15) is 28.3 Å². The van der Waals surface area contributed by atoms with Crippen molar-refractivity contribution in [2.45, 2.75) is 26.4 Å². The number of nitrogens with zero attached hydrogens (tertiary/aromatic N) is 2. The Balaban J connectivity index is 0.00000462. The fourth-order valence-corrected chi connectivity index (χ4v) is 4.56. The number of methoxy groups -OCH3 is 1. The van der Waals surface area contributed by atoms with Crippen LogP contribution in [0.3, 0.4) is 0 Å².